The van der Waals surface area contributed by atoms with Gasteiger partial charge in [-0.05, 0) is 6.42 Å². The molecule has 0 aliphatic carbocycles. The zero-order valence-electron chi connectivity index (χ0n) is 13.7. The Balaban J connectivity index is 2.41. The lowest BCUT2D eigenvalue weighted by Crippen LogP contribution is -2.29. The van der Waals surface area contributed by atoms with Crippen molar-refractivity contribution in [3.05, 3.63) is 26.7 Å². The molecule has 0 radical (unpaired) electrons. The number of nitrogens with zero attached hydrogens (tertiary/aromatic N) is 4. The zero-order chi connectivity index (χ0) is 17.7. The minimum absolute atomic E-state index is 0.113. The van der Waals surface area contributed by atoms with Crippen LogP contribution in [0.25, 0.3) is 11.2 Å². The highest BCUT2D eigenvalue weighted by atomic mass is 16.5. The molecule has 128 valence electrons. The van der Waals surface area contributed by atoms with Crippen LogP contribution in [0.5, 0.6) is 0 Å². The van der Waals surface area contributed by atoms with Gasteiger partial charge in [0.15, 0.2) is 11.2 Å². The summed E-state index contributed by atoms with van der Waals surface area (Å²) in [6.45, 7) is 2.52. The van der Waals surface area contributed by atoms with E-state index in [4.69, 9.17) is 10.00 Å². The zero-order valence-corrected chi connectivity index (χ0v) is 13.7. The van der Waals surface area contributed by atoms with Crippen molar-refractivity contribution in [3.8, 4) is 6.07 Å². The van der Waals surface area contributed by atoms with Gasteiger partial charge in [-0.2, -0.15) is 5.26 Å². The average molecular weight is 333 g/mol. The SMILES string of the molecule is CCCOC(=O)CCc1nc2c(c(=O)[nH]c(=O)n2C)n1CCC#N. The second-order valence-corrected chi connectivity index (χ2v) is 5.30. The summed E-state index contributed by atoms with van der Waals surface area (Å²) in [5, 5.41) is 8.81. The summed E-state index contributed by atoms with van der Waals surface area (Å²) in [5.41, 5.74) is -0.660. The molecule has 0 saturated carbocycles. The molecule has 0 aromatic carbocycles. The van der Waals surface area contributed by atoms with Gasteiger partial charge in [0, 0.05) is 20.0 Å². The van der Waals surface area contributed by atoms with Crippen molar-refractivity contribution in [2.75, 3.05) is 6.61 Å². The molecule has 24 heavy (non-hydrogen) atoms. The number of carbonyl (C=O) groups is 1. The molecule has 0 fully saturated rings. The quantitative estimate of drug-likeness (QED) is 0.723. The van der Waals surface area contributed by atoms with E-state index in [0.29, 0.717) is 12.4 Å². The number of imidazole rings is 1. The van der Waals surface area contributed by atoms with Gasteiger partial charge >= 0.3 is 11.7 Å². The number of aromatic nitrogens is 4. The minimum atomic E-state index is -0.564. The molecule has 9 heteroatoms. The van der Waals surface area contributed by atoms with Crippen molar-refractivity contribution in [1.82, 2.24) is 19.1 Å². The second-order valence-electron chi connectivity index (χ2n) is 5.30. The number of esters is 1. The van der Waals surface area contributed by atoms with Gasteiger partial charge < -0.3 is 9.30 Å². The van der Waals surface area contributed by atoms with E-state index < -0.39 is 11.2 Å². The predicted octanol–water partition coefficient (Wildman–Crippen LogP) is 0.223. The summed E-state index contributed by atoms with van der Waals surface area (Å²) in [5.74, 6) is 0.124. The van der Waals surface area contributed by atoms with E-state index in [0.717, 1.165) is 6.42 Å². The summed E-state index contributed by atoms with van der Waals surface area (Å²) < 4.78 is 7.85. The molecule has 2 aromatic heterocycles. The number of nitrogens with one attached hydrogen (secondary N) is 1. The summed E-state index contributed by atoms with van der Waals surface area (Å²) in [6, 6.07) is 2.02. The maximum atomic E-state index is 12.1. The van der Waals surface area contributed by atoms with Crippen LogP contribution in [-0.2, 0) is 29.5 Å². The molecular weight excluding hydrogens is 314 g/mol. The first-order valence-electron chi connectivity index (χ1n) is 7.70. The van der Waals surface area contributed by atoms with Crippen molar-refractivity contribution in [2.45, 2.75) is 39.2 Å². The standard InChI is InChI=1S/C15H19N5O4/c1-3-9-24-11(21)6-5-10-17-13-12(20(10)8-4-7-16)14(22)18-15(23)19(13)2/h3-6,8-9H2,1-2H3,(H,18,22,23). The van der Waals surface area contributed by atoms with E-state index in [1.54, 1.807) is 4.57 Å². The Morgan fingerprint density at radius 1 is 1.42 bits per heavy atom. The Morgan fingerprint density at radius 2 is 2.17 bits per heavy atom. The van der Waals surface area contributed by atoms with Gasteiger partial charge in [0.1, 0.15) is 5.82 Å². The van der Waals surface area contributed by atoms with Crippen molar-refractivity contribution in [1.29, 1.82) is 5.26 Å². The predicted molar refractivity (Wildman–Crippen MR) is 85.4 cm³/mol. The fourth-order valence-corrected chi connectivity index (χ4v) is 2.38. The highest BCUT2D eigenvalue weighted by molar-refractivity contribution is 5.72. The van der Waals surface area contributed by atoms with E-state index in [-0.39, 0.29) is 42.9 Å². The van der Waals surface area contributed by atoms with Crippen LogP contribution in [-0.4, -0.2) is 31.7 Å². The number of hydrogen-bond acceptors (Lipinski definition) is 6. The van der Waals surface area contributed by atoms with Gasteiger partial charge in [-0.15, -0.1) is 0 Å². The highest BCUT2D eigenvalue weighted by Crippen LogP contribution is 2.13. The van der Waals surface area contributed by atoms with E-state index in [9.17, 15) is 14.4 Å². The Hall–Kier alpha value is -2.89. The number of nitriles is 1. The maximum Gasteiger partial charge on any atom is 0.329 e. The molecule has 1 N–H and O–H groups in total. The van der Waals surface area contributed by atoms with Crippen LogP contribution in [0.4, 0.5) is 0 Å². The van der Waals surface area contributed by atoms with Gasteiger partial charge in [-0.3, -0.25) is 19.1 Å². The van der Waals surface area contributed by atoms with Crippen LogP contribution in [0.1, 0.15) is 32.0 Å². The van der Waals surface area contributed by atoms with Crippen molar-refractivity contribution < 1.29 is 9.53 Å². The van der Waals surface area contributed by atoms with Gasteiger partial charge in [0.25, 0.3) is 5.56 Å². The molecule has 0 atom stereocenters. The van der Waals surface area contributed by atoms with Crippen LogP contribution in [0.2, 0.25) is 0 Å². The molecule has 0 aliphatic heterocycles. The van der Waals surface area contributed by atoms with Gasteiger partial charge in [0.05, 0.1) is 25.5 Å². The van der Waals surface area contributed by atoms with E-state index in [2.05, 4.69) is 9.97 Å². The monoisotopic (exact) mass is 333 g/mol. The van der Waals surface area contributed by atoms with Crippen LogP contribution < -0.4 is 11.2 Å². The third-order valence-corrected chi connectivity index (χ3v) is 3.55. The lowest BCUT2D eigenvalue weighted by atomic mass is 10.3. The Kier molecular flexibility index (Phi) is 5.52. The average Bonchev–Trinajstić information content (AvgIpc) is 2.93. The number of fused-ring (bicyclic) bond motifs is 1. The smallest absolute Gasteiger partial charge is 0.329 e. The van der Waals surface area contributed by atoms with Gasteiger partial charge in [-0.1, -0.05) is 6.92 Å². The van der Waals surface area contributed by atoms with Crippen LogP contribution in [0, 0.1) is 11.3 Å². The third-order valence-electron chi connectivity index (χ3n) is 3.55. The van der Waals surface area contributed by atoms with E-state index >= 15 is 0 Å². The largest absolute Gasteiger partial charge is 0.466 e. The first-order valence-corrected chi connectivity index (χ1v) is 7.70. The summed E-state index contributed by atoms with van der Waals surface area (Å²) >= 11 is 0. The number of carbonyl (C=O) groups excluding carboxylic acids is 1. The summed E-state index contributed by atoms with van der Waals surface area (Å²) in [4.78, 5) is 42.0. The maximum absolute atomic E-state index is 12.1. The summed E-state index contributed by atoms with van der Waals surface area (Å²) in [6.07, 6.45) is 1.29. The second kappa shape index (κ2) is 7.59. The molecule has 0 aliphatic rings. The van der Waals surface area contributed by atoms with Crippen LogP contribution >= 0.6 is 0 Å². The fraction of sp³-hybridized carbons (Fsp3) is 0.533. The molecule has 9 nitrogen and oxygen atoms in total. The number of ether oxygens (including phenoxy) is 1. The number of aromatic amines is 1. The van der Waals surface area contributed by atoms with Crippen LogP contribution in [0.15, 0.2) is 9.59 Å². The molecule has 0 unspecified atom stereocenters. The Labute approximate surface area is 137 Å². The van der Waals surface area contributed by atoms with Crippen molar-refractivity contribution in [3.63, 3.8) is 0 Å². The third kappa shape index (κ3) is 3.53. The van der Waals surface area contributed by atoms with Crippen molar-refractivity contribution in [2.24, 2.45) is 7.05 Å². The minimum Gasteiger partial charge on any atom is -0.466 e. The fourth-order valence-electron chi connectivity index (χ4n) is 2.38. The molecule has 0 spiro atoms. The highest BCUT2D eigenvalue weighted by Gasteiger charge is 2.18. The van der Waals surface area contributed by atoms with E-state index in [1.807, 2.05) is 13.0 Å². The first kappa shape index (κ1) is 17.5. The molecule has 0 saturated heterocycles. The summed E-state index contributed by atoms with van der Waals surface area (Å²) in [7, 11) is 1.50. The Bertz CT molecular complexity index is 899. The normalized spacial score (nSPS) is 10.7. The molecule has 2 aromatic rings. The first-order chi connectivity index (χ1) is 11.5. The Morgan fingerprint density at radius 3 is 2.83 bits per heavy atom. The van der Waals surface area contributed by atoms with Crippen molar-refractivity contribution >= 4 is 17.1 Å². The van der Waals surface area contributed by atoms with E-state index in [1.165, 1.54) is 11.6 Å². The van der Waals surface area contributed by atoms with Gasteiger partial charge in [-0.25, -0.2) is 9.78 Å². The molecule has 2 heterocycles. The molecule has 2 rings (SSSR count). The number of rotatable bonds is 7. The number of H-pyrrole nitrogens is 1. The lowest BCUT2D eigenvalue weighted by molar-refractivity contribution is -0.143. The molecule has 0 bridgehead atoms. The topological polar surface area (TPSA) is 123 Å². The van der Waals surface area contributed by atoms with Crippen LogP contribution in [0.3, 0.4) is 0 Å². The molecular formula is C15H19N5O4. The lowest BCUT2D eigenvalue weighted by Gasteiger charge is -2.06. The van der Waals surface area contributed by atoms with Gasteiger partial charge in [0.2, 0.25) is 0 Å². The number of aryl methyl sites for hydroxylation is 3. The number of hydrogen-bond donors (Lipinski definition) is 1. The molecule has 0 amide bonds.